The average Bonchev–Trinajstić information content (AvgIpc) is 2.67. The molecule has 0 bridgehead atoms. The van der Waals surface area contributed by atoms with Crippen molar-refractivity contribution in [1.29, 1.82) is 0 Å². The predicted molar refractivity (Wildman–Crippen MR) is 115 cm³/mol. The lowest BCUT2D eigenvalue weighted by atomic mass is 10.1. The summed E-state index contributed by atoms with van der Waals surface area (Å²) in [7, 11) is -0.391. The van der Waals surface area contributed by atoms with Crippen molar-refractivity contribution in [1.82, 2.24) is 0 Å². The van der Waals surface area contributed by atoms with Crippen LogP contribution in [-0.4, -0.2) is 0 Å². The van der Waals surface area contributed by atoms with Gasteiger partial charge in [-0.1, -0.05) is 113 Å². The van der Waals surface area contributed by atoms with Crippen LogP contribution in [0.2, 0.25) is 0 Å². The summed E-state index contributed by atoms with van der Waals surface area (Å²) in [5.74, 6) is 0. The van der Waals surface area contributed by atoms with Crippen molar-refractivity contribution in [2.24, 2.45) is 0 Å². The lowest BCUT2D eigenvalue weighted by Crippen LogP contribution is -2.13. The highest BCUT2D eigenvalue weighted by Crippen LogP contribution is 2.45. The van der Waals surface area contributed by atoms with Gasteiger partial charge in [0.2, 0.25) is 0 Å². The molecule has 0 N–H and O–H groups in total. The van der Waals surface area contributed by atoms with Gasteiger partial charge in [-0.3, -0.25) is 0 Å². The fourth-order valence-electron chi connectivity index (χ4n) is 3.15. The van der Waals surface area contributed by atoms with Crippen LogP contribution in [0.4, 0.5) is 0 Å². The van der Waals surface area contributed by atoms with Gasteiger partial charge < -0.3 is 0 Å². The summed E-state index contributed by atoms with van der Waals surface area (Å²) in [5.41, 5.74) is 0. The molecular weight excluding hydrogens is 319 g/mol. The van der Waals surface area contributed by atoms with Crippen LogP contribution in [0.25, 0.3) is 0 Å². The predicted octanol–water partition coefficient (Wildman–Crippen LogP) is 7.16. The van der Waals surface area contributed by atoms with Gasteiger partial charge in [0.1, 0.15) is 0 Å². The number of allylic oxidation sites excluding steroid dienone is 2. The highest BCUT2D eigenvalue weighted by atomic mass is 31.1. The third-order valence-corrected chi connectivity index (χ3v) is 7.15. The van der Waals surface area contributed by atoms with Gasteiger partial charge in [-0.05, 0) is 43.1 Å². The first-order valence-electron chi connectivity index (χ1n) is 9.96. The number of hydrogen-bond acceptors (Lipinski definition) is 0. The van der Waals surface area contributed by atoms with Gasteiger partial charge in [0.25, 0.3) is 0 Å². The Hall–Kier alpha value is -1.39. The van der Waals surface area contributed by atoms with E-state index in [2.05, 4.69) is 80.6 Å². The van der Waals surface area contributed by atoms with Crippen LogP contribution >= 0.6 is 7.92 Å². The summed E-state index contributed by atoms with van der Waals surface area (Å²) >= 11 is 0. The maximum absolute atomic E-state index is 2.57. The molecule has 1 heteroatoms. The second kappa shape index (κ2) is 12.0. The normalized spacial score (nSPS) is 11.9. The van der Waals surface area contributed by atoms with E-state index in [9.17, 15) is 0 Å². The molecule has 0 fully saturated rings. The van der Waals surface area contributed by atoms with Crippen LogP contribution in [0.3, 0.4) is 0 Å². The van der Waals surface area contributed by atoms with E-state index < -0.39 is 7.92 Å². The van der Waals surface area contributed by atoms with Gasteiger partial charge in [-0.2, -0.15) is 0 Å². The summed E-state index contributed by atoms with van der Waals surface area (Å²) in [5, 5.41) is 4.65. The van der Waals surface area contributed by atoms with Crippen molar-refractivity contribution in [2.75, 3.05) is 0 Å². The molecule has 2 rings (SSSR count). The highest BCUT2D eigenvalue weighted by molar-refractivity contribution is 7.76. The van der Waals surface area contributed by atoms with Crippen molar-refractivity contribution in [2.45, 2.75) is 65.2 Å². The third kappa shape index (κ3) is 6.79. The number of hydrogen-bond donors (Lipinski definition) is 0. The monoisotopic (exact) mass is 352 g/mol. The van der Waals surface area contributed by atoms with Crippen molar-refractivity contribution in [3.63, 3.8) is 0 Å². The summed E-state index contributed by atoms with van der Waals surface area (Å²) in [6.45, 7) is 4.57. The van der Waals surface area contributed by atoms with Crippen LogP contribution in [0.1, 0.15) is 65.2 Å². The van der Waals surface area contributed by atoms with Crippen molar-refractivity contribution in [3.8, 4) is 0 Å². The minimum Gasteiger partial charge on any atom is -0.0802 e. The number of unbranched alkanes of at least 4 members (excludes halogenated alkanes) is 5. The molecular formula is C24H33P. The highest BCUT2D eigenvalue weighted by Gasteiger charge is 2.18. The van der Waals surface area contributed by atoms with Crippen molar-refractivity contribution >= 4 is 18.5 Å². The Bertz CT molecular complexity index is 561. The Labute approximate surface area is 156 Å². The van der Waals surface area contributed by atoms with Gasteiger partial charge in [-0.25, -0.2) is 0 Å². The molecule has 0 amide bonds. The van der Waals surface area contributed by atoms with E-state index in [-0.39, 0.29) is 0 Å². The molecule has 0 unspecified atom stereocenters. The minimum absolute atomic E-state index is 0.391. The molecule has 0 aliphatic rings. The second-order valence-electron chi connectivity index (χ2n) is 6.65. The van der Waals surface area contributed by atoms with Gasteiger partial charge in [-0.15, -0.1) is 0 Å². The number of benzene rings is 2. The Morgan fingerprint density at radius 3 is 1.80 bits per heavy atom. The Balaban J connectivity index is 2.29. The Morgan fingerprint density at radius 1 is 0.720 bits per heavy atom. The molecule has 0 nitrogen and oxygen atoms in total. The molecule has 0 aliphatic carbocycles. The molecule has 0 aromatic heterocycles. The van der Waals surface area contributed by atoms with Gasteiger partial charge in [0, 0.05) is 0 Å². The molecule has 0 saturated carbocycles. The Kier molecular flexibility index (Phi) is 9.60. The number of rotatable bonds is 11. The van der Waals surface area contributed by atoms with Crippen LogP contribution in [0.5, 0.6) is 0 Å². The lowest BCUT2D eigenvalue weighted by Gasteiger charge is -2.23. The van der Waals surface area contributed by atoms with Crippen molar-refractivity contribution in [3.05, 3.63) is 72.1 Å². The maximum atomic E-state index is 2.57. The Morgan fingerprint density at radius 2 is 1.28 bits per heavy atom. The molecule has 25 heavy (non-hydrogen) atoms. The molecule has 0 radical (unpaired) electrons. The first-order chi connectivity index (χ1) is 12.4. The fraction of sp³-hybridized carbons (Fsp3) is 0.417. The fourth-order valence-corrected chi connectivity index (χ4v) is 5.74. The van der Waals surface area contributed by atoms with Crippen LogP contribution in [-0.2, 0) is 0 Å². The summed E-state index contributed by atoms with van der Waals surface area (Å²) in [6, 6.07) is 22.3. The van der Waals surface area contributed by atoms with Gasteiger partial charge in [0.05, 0.1) is 0 Å². The topological polar surface area (TPSA) is 0 Å². The smallest absolute Gasteiger partial charge is 0.0154 e. The molecule has 2 aromatic rings. The molecule has 134 valence electrons. The minimum atomic E-state index is -0.391. The molecule has 0 saturated heterocycles. The zero-order valence-electron chi connectivity index (χ0n) is 16.0. The lowest BCUT2D eigenvalue weighted by molar-refractivity contribution is 0.670. The molecule has 0 aliphatic heterocycles. The van der Waals surface area contributed by atoms with Gasteiger partial charge >= 0.3 is 0 Å². The molecule has 2 aromatic carbocycles. The molecule has 0 heterocycles. The van der Waals surface area contributed by atoms with E-state index in [1.54, 1.807) is 5.31 Å². The second-order valence-corrected chi connectivity index (χ2v) is 8.93. The standard InChI is InChI=1S/C24H33P/c1-3-5-7-11-17-22(16-10-6-4-2)25(23-18-12-8-13-19-23)24-20-14-9-15-21-24/h8-9,12-16,18-21H,3-7,10-11,17H2,1-2H3/b22-16-. The van der Waals surface area contributed by atoms with E-state index in [0.717, 1.165) is 0 Å². The first-order valence-corrected chi connectivity index (χ1v) is 11.3. The largest absolute Gasteiger partial charge is 0.0802 e. The van der Waals surface area contributed by atoms with E-state index in [0.29, 0.717) is 0 Å². The van der Waals surface area contributed by atoms with Crippen LogP contribution < -0.4 is 10.6 Å². The molecule has 0 atom stereocenters. The SMILES string of the molecule is CCCC/C=C(/CCCCCC)P(c1ccccc1)c1ccccc1. The summed E-state index contributed by atoms with van der Waals surface area (Å²) in [6.07, 6.45) is 13.0. The van der Waals surface area contributed by atoms with E-state index in [4.69, 9.17) is 0 Å². The zero-order valence-corrected chi connectivity index (χ0v) is 16.8. The first kappa shape index (κ1) is 19.9. The maximum Gasteiger partial charge on any atom is -0.0154 e. The van der Waals surface area contributed by atoms with Crippen LogP contribution in [0, 0.1) is 0 Å². The summed E-state index contributed by atoms with van der Waals surface area (Å²) in [4.78, 5) is 0. The quantitative estimate of drug-likeness (QED) is 0.297. The zero-order chi connectivity index (χ0) is 17.7. The summed E-state index contributed by atoms with van der Waals surface area (Å²) < 4.78 is 0. The van der Waals surface area contributed by atoms with E-state index in [1.165, 1.54) is 62.0 Å². The average molecular weight is 353 g/mol. The molecule has 0 spiro atoms. The van der Waals surface area contributed by atoms with Crippen LogP contribution in [0.15, 0.2) is 72.1 Å². The van der Waals surface area contributed by atoms with Gasteiger partial charge in [0.15, 0.2) is 0 Å². The van der Waals surface area contributed by atoms with E-state index >= 15 is 0 Å². The third-order valence-electron chi connectivity index (χ3n) is 4.54. The van der Waals surface area contributed by atoms with Crippen molar-refractivity contribution < 1.29 is 0 Å². The van der Waals surface area contributed by atoms with E-state index in [1.807, 2.05) is 0 Å².